The molecule has 16 heavy (non-hydrogen) atoms. The molecule has 4 bridgehead atoms. The van der Waals surface area contributed by atoms with Crippen LogP contribution in [0.2, 0.25) is 0 Å². The molecule has 2 aromatic heterocycles. The summed E-state index contributed by atoms with van der Waals surface area (Å²) in [5, 5.41) is 0. The van der Waals surface area contributed by atoms with Gasteiger partial charge >= 0.3 is 0 Å². The molecule has 0 spiro atoms. The summed E-state index contributed by atoms with van der Waals surface area (Å²) in [5.41, 5.74) is 0. The van der Waals surface area contributed by atoms with Crippen molar-refractivity contribution in [1.29, 1.82) is 0 Å². The quantitative estimate of drug-likeness (QED) is 0.569. The summed E-state index contributed by atoms with van der Waals surface area (Å²) < 4.78 is 16.6. The van der Waals surface area contributed by atoms with Crippen LogP contribution in [0.4, 0.5) is 0 Å². The van der Waals surface area contributed by atoms with E-state index >= 15 is 0 Å². The van der Waals surface area contributed by atoms with Gasteiger partial charge in [0.05, 0.1) is 26.2 Å². The van der Waals surface area contributed by atoms with Gasteiger partial charge in [-0.1, -0.05) is 0 Å². The molecule has 0 fully saturated rings. The van der Waals surface area contributed by atoms with E-state index in [9.17, 15) is 0 Å². The highest BCUT2D eigenvalue weighted by Gasteiger charge is 2.09. The van der Waals surface area contributed by atoms with Crippen molar-refractivity contribution in [2.24, 2.45) is 0 Å². The highest BCUT2D eigenvalue weighted by Crippen LogP contribution is 1.96. The van der Waals surface area contributed by atoms with Gasteiger partial charge in [0.2, 0.25) is 12.6 Å². The summed E-state index contributed by atoms with van der Waals surface area (Å²) >= 11 is 0. The normalized spacial score (nSPS) is 17.4. The van der Waals surface area contributed by atoms with Crippen molar-refractivity contribution in [3.05, 3.63) is 37.4 Å². The van der Waals surface area contributed by atoms with Crippen LogP contribution in [0, 0.1) is 0 Å². The minimum absolute atomic E-state index is 0.625. The average molecular weight is 219 g/mol. The molecular weight excluding hydrogens is 200 g/mol. The predicted molar refractivity (Wildman–Crippen MR) is 58.5 cm³/mol. The van der Waals surface area contributed by atoms with E-state index < -0.39 is 0 Å². The molecule has 84 valence electrons. The lowest BCUT2D eigenvalue weighted by molar-refractivity contribution is -0.726. The van der Waals surface area contributed by atoms with Crippen molar-refractivity contribution in [3.8, 4) is 0 Å². The predicted octanol–water partition coefficient (Wildman–Crippen LogP) is 0.359. The highest BCUT2D eigenvalue weighted by atomic mass is 15.1. The van der Waals surface area contributed by atoms with Gasteiger partial charge in [-0.05, 0) is 0 Å². The van der Waals surface area contributed by atoms with E-state index in [2.05, 4.69) is 27.9 Å². The standard InChI is InChI=1S/C12H18N4/c1-3-13-7-9-15(11-13)5-2-6-16-10-8-14(4-1)12-16/h7-12H,1-6H2/q+2/i11D. The van der Waals surface area contributed by atoms with Crippen molar-refractivity contribution in [1.82, 2.24) is 9.13 Å². The van der Waals surface area contributed by atoms with E-state index in [0.717, 1.165) is 39.0 Å². The van der Waals surface area contributed by atoms with Crippen LogP contribution in [0.3, 0.4) is 0 Å². The molecule has 1 aliphatic heterocycles. The Kier molecular flexibility index (Phi) is 2.20. The molecule has 0 amide bonds. The van der Waals surface area contributed by atoms with Crippen LogP contribution < -0.4 is 9.13 Å². The molecular formula is C12H18N4+2. The number of aryl methyl sites for hydroxylation is 4. The molecule has 0 unspecified atom stereocenters. The Bertz CT molecular complexity index is 472. The van der Waals surface area contributed by atoms with Crippen LogP contribution in [-0.2, 0) is 26.2 Å². The average Bonchev–Trinajstić information content (AvgIpc) is 2.90. The topological polar surface area (TPSA) is 17.6 Å². The minimum Gasteiger partial charge on any atom is -0.237 e. The Hall–Kier alpha value is -1.58. The summed E-state index contributed by atoms with van der Waals surface area (Å²) in [6.45, 7) is 3.88. The molecule has 2 aromatic rings. The Morgan fingerprint density at radius 2 is 1.69 bits per heavy atom. The van der Waals surface area contributed by atoms with E-state index in [0.29, 0.717) is 6.30 Å². The number of hydrogen-bond donors (Lipinski definition) is 0. The SMILES string of the molecule is [2H]c1n2cc[n+]1CCC[n+]1ccn(c1)CCC2. The van der Waals surface area contributed by atoms with Crippen molar-refractivity contribution in [2.45, 2.75) is 39.0 Å². The molecule has 4 heteroatoms. The number of imidazole rings is 2. The van der Waals surface area contributed by atoms with Crippen LogP contribution in [0.1, 0.15) is 14.2 Å². The number of aromatic nitrogens is 4. The van der Waals surface area contributed by atoms with Gasteiger partial charge in [-0.15, -0.1) is 0 Å². The third kappa shape index (κ3) is 2.01. The molecule has 0 saturated carbocycles. The van der Waals surface area contributed by atoms with E-state index in [1.54, 1.807) is 0 Å². The summed E-state index contributed by atoms with van der Waals surface area (Å²) in [5.74, 6) is 0. The Labute approximate surface area is 96.8 Å². The maximum absolute atomic E-state index is 8.05. The molecule has 0 aromatic carbocycles. The van der Waals surface area contributed by atoms with Crippen LogP contribution in [0.25, 0.3) is 0 Å². The Morgan fingerprint density at radius 1 is 0.938 bits per heavy atom. The van der Waals surface area contributed by atoms with Crippen molar-refractivity contribution in [3.63, 3.8) is 0 Å². The second-order valence-corrected chi connectivity index (χ2v) is 4.38. The van der Waals surface area contributed by atoms with Gasteiger partial charge in [0.25, 0.3) is 0 Å². The van der Waals surface area contributed by atoms with Gasteiger partial charge in [-0.2, -0.15) is 0 Å². The largest absolute Gasteiger partial charge is 0.243 e. The zero-order valence-corrected chi connectivity index (χ0v) is 9.42. The second-order valence-electron chi connectivity index (χ2n) is 4.38. The summed E-state index contributed by atoms with van der Waals surface area (Å²) in [7, 11) is 0. The monoisotopic (exact) mass is 219 g/mol. The Balaban J connectivity index is 1.84. The molecule has 0 saturated heterocycles. The molecule has 4 nitrogen and oxygen atoms in total. The fourth-order valence-corrected chi connectivity index (χ4v) is 2.19. The van der Waals surface area contributed by atoms with Gasteiger partial charge in [-0.25, -0.2) is 18.3 Å². The summed E-state index contributed by atoms with van der Waals surface area (Å²) in [6.07, 6.45) is 13.2. The number of fused-ring (bicyclic) bond motifs is 4. The zero-order chi connectivity index (χ0) is 11.7. The third-order valence-corrected chi connectivity index (χ3v) is 3.06. The van der Waals surface area contributed by atoms with Crippen LogP contribution in [-0.4, -0.2) is 9.13 Å². The summed E-state index contributed by atoms with van der Waals surface area (Å²) in [6, 6.07) is 0. The molecule has 0 aliphatic carbocycles. The lowest BCUT2D eigenvalue weighted by Crippen LogP contribution is -2.37. The van der Waals surface area contributed by atoms with Gasteiger partial charge < -0.3 is 0 Å². The van der Waals surface area contributed by atoms with Gasteiger partial charge in [0.1, 0.15) is 24.8 Å². The number of rotatable bonds is 0. The zero-order valence-electron chi connectivity index (χ0n) is 10.4. The fourth-order valence-electron chi connectivity index (χ4n) is 2.19. The first kappa shape index (κ1) is 8.56. The minimum atomic E-state index is 0.625. The fraction of sp³-hybridized carbons (Fsp3) is 0.500. The summed E-state index contributed by atoms with van der Waals surface area (Å²) in [4.78, 5) is 0. The van der Waals surface area contributed by atoms with Gasteiger partial charge in [0.15, 0.2) is 1.37 Å². The van der Waals surface area contributed by atoms with E-state index in [-0.39, 0.29) is 0 Å². The number of hydrogen-bond acceptors (Lipinski definition) is 0. The van der Waals surface area contributed by atoms with Crippen LogP contribution in [0.15, 0.2) is 37.4 Å². The van der Waals surface area contributed by atoms with E-state index in [4.69, 9.17) is 1.37 Å². The molecule has 3 heterocycles. The first-order chi connectivity index (χ1) is 8.33. The Morgan fingerprint density at radius 3 is 2.69 bits per heavy atom. The second kappa shape index (κ2) is 4.12. The highest BCUT2D eigenvalue weighted by molar-refractivity contribution is 4.69. The first-order valence-electron chi connectivity index (χ1n) is 6.43. The maximum atomic E-state index is 8.05. The lowest BCUT2D eigenvalue weighted by atomic mass is 10.4. The molecule has 1 aliphatic rings. The molecule has 0 atom stereocenters. The van der Waals surface area contributed by atoms with Crippen molar-refractivity contribution < 1.29 is 10.5 Å². The first-order valence-corrected chi connectivity index (χ1v) is 5.93. The smallest absolute Gasteiger partial charge is 0.237 e. The van der Waals surface area contributed by atoms with Gasteiger partial charge in [-0.3, -0.25) is 0 Å². The van der Waals surface area contributed by atoms with E-state index in [1.165, 1.54) is 0 Å². The number of nitrogens with zero attached hydrogens (tertiary/aromatic N) is 4. The lowest BCUT2D eigenvalue weighted by Gasteiger charge is -1.98. The van der Waals surface area contributed by atoms with Crippen molar-refractivity contribution >= 4 is 0 Å². The molecule has 3 rings (SSSR count). The maximum Gasteiger partial charge on any atom is 0.243 e. The molecule has 0 N–H and O–H groups in total. The van der Waals surface area contributed by atoms with Crippen LogP contribution in [0.5, 0.6) is 0 Å². The van der Waals surface area contributed by atoms with Crippen LogP contribution >= 0.6 is 0 Å². The van der Waals surface area contributed by atoms with E-state index in [1.807, 2.05) is 21.5 Å². The third-order valence-electron chi connectivity index (χ3n) is 3.06. The molecule has 0 radical (unpaired) electrons. The van der Waals surface area contributed by atoms with Gasteiger partial charge in [0, 0.05) is 12.8 Å². The van der Waals surface area contributed by atoms with Crippen molar-refractivity contribution in [2.75, 3.05) is 0 Å².